The van der Waals surface area contributed by atoms with Gasteiger partial charge in [-0.3, -0.25) is 0 Å². The molecule has 0 amide bonds. The zero-order chi connectivity index (χ0) is 25.1. The molecule has 0 aliphatic heterocycles. The Bertz CT molecular complexity index is 2140. The van der Waals surface area contributed by atoms with Crippen molar-refractivity contribution >= 4 is 44.0 Å². The van der Waals surface area contributed by atoms with Crippen LogP contribution in [0.4, 0.5) is 0 Å². The summed E-state index contributed by atoms with van der Waals surface area (Å²) in [5.41, 5.74) is 8.88. The molecular formula is C34H20N2O2. The monoisotopic (exact) mass is 488 g/mol. The van der Waals surface area contributed by atoms with Crippen LogP contribution < -0.4 is 0 Å². The maximum Gasteiger partial charge on any atom is 0.180 e. The van der Waals surface area contributed by atoms with Gasteiger partial charge in [-0.05, 0) is 29.8 Å². The number of fused-ring (bicyclic) bond motifs is 6. The molecule has 3 heterocycles. The van der Waals surface area contributed by atoms with Crippen molar-refractivity contribution in [3.8, 4) is 33.8 Å². The Morgan fingerprint density at radius 1 is 0.447 bits per heavy atom. The quantitative estimate of drug-likeness (QED) is 0.249. The normalized spacial score (nSPS) is 11.7. The molecule has 178 valence electrons. The van der Waals surface area contributed by atoms with Gasteiger partial charge in [0.1, 0.15) is 28.0 Å². The average Bonchev–Trinajstić information content (AvgIpc) is 3.56. The Morgan fingerprint density at radius 3 is 1.95 bits per heavy atom. The van der Waals surface area contributed by atoms with E-state index in [4.69, 9.17) is 18.8 Å². The van der Waals surface area contributed by atoms with Gasteiger partial charge >= 0.3 is 0 Å². The molecule has 8 rings (SSSR count). The highest BCUT2D eigenvalue weighted by atomic mass is 16.3. The summed E-state index contributed by atoms with van der Waals surface area (Å²) in [5.74, 6) is 0.654. The Labute approximate surface area is 217 Å². The molecule has 0 radical (unpaired) electrons. The second-order valence-electron chi connectivity index (χ2n) is 9.40. The Hall–Kier alpha value is -5.22. The van der Waals surface area contributed by atoms with Crippen LogP contribution in [0.15, 0.2) is 130 Å². The highest BCUT2D eigenvalue weighted by molar-refractivity contribution is 6.10. The standard InChI is InChI=1S/C34H20N2O2/c1-2-10-21(11-3-1)30-33-31(27-15-5-7-19-29(27)38-33)36-34(35-30)23-13-8-12-22(20-23)24-16-9-17-26-25-14-4-6-18-28(25)37-32(24)26/h1-20H. The van der Waals surface area contributed by atoms with Gasteiger partial charge in [-0.15, -0.1) is 0 Å². The Balaban J connectivity index is 1.36. The van der Waals surface area contributed by atoms with Crippen LogP contribution in [0.2, 0.25) is 0 Å². The van der Waals surface area contributed by atoms with E-state index in [0.29, 0.717) is 11.4 Å². The third-order valence-corrected chi connectivity index (χ3v) is 7.10. The fourth-order valence-corrected chi connectivity index (χ4v) is 5.31. The average molecular weight is 489 g/mol. The lowest BCUT2D eigenvalue weighted by Gasteiger charge is -2.08. The first-order valence-corrected chi connectivity index (χ1v) is 12.6. The van der Waals surface area contributed by atoms with Crippen LogP contribution in [-0.2, 0) is 0 Å². The van der Waals surface area contributed by atoms with Gasteiger partial charge in [-0.25, -0.2) is 9.97 Å². The van der Waals surface area contributed by atoms with Gasteiger partial charge in [0, 0.05) is 32.8 Å². The van der Waals surface area contributed by atoms with Crippen molar-refractivity contribution in [2.24, 2.45) is 0 Å². The van der Waals surface area contributed by atoms with E-state index in [1.54, 1.807) is 0 Å². The Morgan fingerprint density at radius 2 is 1.08 bits per heavy atom. The lowest BCUT2D eigenvalue weighted by atomic mass is 10.00. The van der Waals surface area contributed by atoms with Crippen LogP contribution in [0, 0.1) is 0 Å². The summed E-state index contributed by atoms with van der Waals surface area (Å²) in [4.78, 5) is 10.1. The summed E-state index contributed by atoms with van der Waals surface area (Å²) in [6.07, 6.45) is 0. The second-order valence-corrected chi connectivity index (χ2v) is 9.40. The van der Waals surface area contributed by atoms with Crippen molar-refractivity contribution < 1.29 is 8.83 Å². The van der Waals surface area contributed by atoms with Crippen LogP contribution >= 0.6 is 0 Å². The minimum atomic E-state index is 0.654. The lowest BCUT2D eigenvalue weighted by Crippen LogP contribution is -1.94. The van der Waals surface area contributed by atoms with Crippen LogP contribution in [-0.4, -0.2) is 9.97 Å². The van der Waals surface area contributed by atoms with Crippen molar-refractivity contribution in [2.45, 2.75) is 0 Å². The summed E-state index contributed by atoms with van der Waals surface area (Å²) in [6, 6.07) is 41.0. The van der Waals surface area contributed by atoms with Crippen molar-refractivity contribution in [1.82, 2.24) is 9.97 Å². The van der Waals surface area contributed by atoms with E-state index in [1.165, 1.54) is 0 Å². The molecule has 0 saturated carbocycles. The second kappa shape index (κ2) is 8.15. The third-order valence-electron chi connectivity index (χ3n) is 7.10. The molecule has 8 aromatic rings. The molecule has 5 aromatic carbocycles. The molecule has 0 unspecified atom stereocenters. The molecule has 0 aliphatic rings. The largest absolute Gasteiger partial charge is 0.455 e. The van der Waals surface area contributed by atoms with Gasteiger partial charge < -0.3 is 8.83 Å². The highest BCUT2D eigenvalue weighted by Crippen LogP contribution is 2.38. The van der Waals surface area contributed by atoms with Gasteiger partial charge in [-0.2, -0.15) is 0 Å². The van der Waals surface area contributed by atoms with Crippen molar-refractivity contribution in [1.29, 1.82) is 0 Å². The smallest absolute Gasteiger partial charge is 0.180 e. The summed E-state index contributed by atoms with van der Waals surface area (Å²) < 4.78 is 12.6. The van der Waals surface area contributed by atoms with E-state index < -0.39 is 0 Å². The van der Waals surface area contributed by atoms with Gasteiger partial charge in [0.05, 0.1) is 0 Å². The summed E-state index contributed by atoms with van der Waals surface area (Å²) in [6.45, 7) is 0. The first-order valence-electron chi connectivity index (χ1n) is 12.6. The number of furan rings is 2. The Kier molecular flexibility index (Phi) is 4.49. The van der Waals surface area contributed by atoms with E-state index >= 15 is 0 Å². The maximum absolute atomic E-state index is 6.31. The molecule has 4 heteroatoms. The van der Waals surface area contributed by atoms with E-state index in [-0.39, 0.29) is 0 Å². The van der Waals surface area contributed by atoms with Gasteiger partial charge in [0.15, 0.2) is 11.4 Å². The van der Waals surface area contributed by atoms with E-state index in [1.807, 2.05) is 60.7 Å². The van der Waals surface area contributed by atoms with E-state index in [9.17, 15) is 0 Å². The molecule has 3 aromatic heterocycles. The number of aromatic nitrogens is 2. The molecule has 0 saturated heterocycles. The van der Waals surface area contributed by atoms with Crippen molar-refractivity contribution in [3.05, 3.63) is 121 Å². The first kappa shape index (κ1) is 20.9. The van der Waals surface area contributed by atoms with Crippen LogP contribution in [0.3, 0.4) is 0 Å². The van der Waals surface area contributed by atoms with Gasteiger partial charge in [-0.1, -0.05) is 97.1 Å². The predicted molar refractivity (Wildman–Crippen MR) is 153 cm³/mol. The van der Waals surface area contributed by atoms with E-state index in [2.05, 4.69) is 60.7 Å². The summed E-state index contributed by atoms with van der Waals surface area (Å²) in [5, 5.41) is 3.21. The fraction of sp³-hybridized carbons (Fsp3) is 0. The molecule has 0 spiro atoms. The molecule has 4 nitrogen and oxygen atoms in total. The molecular weight excluding hydrogens is 468 g/mol. The molecule has 0 atom stereocenters. The molecule has 0 bridgehead atoms. The van der Waals surface area contributed by atoms with Crippen molar-refractivity contribution in [2.75, 3.05) is 0 Å². The minimum absolute atomic E-state index is 0.654. The topological polar surface area (TPSA) is 52.1 Å². The number of rotatable bonds is 3. The van der Waals surface area contributed by atoms with Gasteiger partial charge in [0.25, 0.3) is 0 Å². The number of hydrogen-bond donors (Lipinski definition) is 0. The zero-order valence-corrected chi connectivity index (χ0v) is 20.3. The molecule has 38 heavy (non-hydrogen) atoms. The molecule has 0 N–H and O–H groups in total. The zero-order valence-electron chi connectivity index (χ0n) is 20.3. The molecule has 0 aliphatic carbocycles. The highest BCUT2D eigenvalue weighted by Gasteiger charge is 2.18. The van der Waals surface area contributed by atoms with Crippen LogP contribution in [0.25, 0.3) is 77.8 Å². The summed E-state index contributed by atoms with van der Waals surface area (Å²) >= 11 is 0. The number of hydrogen-bond acceptors (Lipinski definition) is 4. The van der Waals surface area contributed by atoms with Crippen LogP contribution in [0.1, 0.15) is 0 Å². The SMILES string of the molecule is c1ccc(-c2nc(-c3cccc(-c4cccc5c4oc4ccccc45)c3)nc3c2oc2ccccc23)cc1. The third kappa shape index (κ3) is 3.17. The number of nitrogens with zero attached hydrogens (tertiary/aromatic N) is 2. The maximum atomic E-state index is 6.31. The fourth-order valence-electron chi connectivity index (χ4n) is 5.31. The number of benzene rings is 5. The van der Waals surface area contributed by atoms with Crippen molar-refractivity contribution in [3.63, 3.8) is 0 Å². The number of para-hydroxylation sites is 3. The van der Waals surface area contributed by atoms with E-state index in [0.717, 1.165) is 66.4 Å². The van der Waals surface area contributed by atoms with Crippen LogP contribution in [0.5, 0.6) is 0 Å². The minimum Gasteiger partial charge on any atom is -0.455 e. The predicted octanol–water partition coefficient (Wildman–Crippen LogP) is 9.28. The summed E-state index contributed by atoms with van der Waals surface area (Å²) in [7, 11) is 0. The first-order chi connectivity index (χ1) is 18.8. The lowest BCUT2D eigenvalue weighted by molar-refractivity contribution is 0.667. The van der Waals surface area contributed by atoms with Gasteiger partial charge in [0.2, 0.25) is 0 Å². The molecule has 0 fully saturated rings.